The van der Waals surface area contributed by atoms with E-state index in [1.807, 2.05) is 24.3 Å². The number of methoxy groups -OCH3 is 1. The minimum atomic E-state index is -1.27. The van der Waals surface area contributed by atoms with Crippen LogP contribution in [0.1, 0.15) is 15.9 Å². The molecule has 2 aromatic carbocycles. The van der Waals surface area contributed by atoms with Crippen molar-refractivity contribution in [3.63, 3.8) is 0 Å². The first-order chi connectivity index (χ1) is 11.4. The topological polar surface area (TPSA) is 61.8 Å². The van der Waals surface area contributed by atoms with Gasteiger partial charge in [-0.05, 0) is 36.9 Å². The van der Waals surface area contributed by atoms with Gasteiger partial charge in [0.1, 0.15) is 17.1 Å². The van der Waals surface area contributed by atoms with Gasteiger partial charge in [-0.25, -0.2) is 8.78 Å². The maximum atomic E-state index is 13.7. The number of phenols is 1. The van der Waals surface area contributed by atoms with Crippen LogP contribution in [-0.4, -0.2) is 36.7 Å². The van der Waals surface area contributed by atoms with Gasteiger partial charge in [-0.3, -0.25) is 9.69 Å². The summed E-state index contributed by atoms with van der Waals surface area (Å²) in [7, 11) is 3.33. The van der Waals surface area contributed by atoms with E-state index in [4.69, 9.17) is 4.74 Å². The molecule has 0 bridgehead atoms. The average molecular weight is 336 g/mol. The van der Waals surface area contributed by atoms with Gasteiger partial charge < -0.3 is 15.2 Å². The number of aromatic hydroxyl groups is 1. The lowest BCUT2D eigenvalue weighted by atomic mass is 10.1. The highest BCUT2D eigenvalue weighted by atomic mass is 19.1. The zero-order valence-corrected chi connectivity index (χ0v) is 13.3. The van der Waals surface area contributed by atoms with Gasteiger partial charge in [0, 0.05) is 6.54 Å². The molecule has 0 saturated heterocycles. The van der Waals surface area contributed by atoms with Crippen molar-refractivity contribution in [1.29, 1.82) is 0 Å². The summed E-state index contributed by atoms with van der Waals surface area (Å²) in [6, 6.07) is 9.10. The molecule has 0 heterocycles. The summed E-state index contributed by atoms with van der Waals surface area (Å²) in [5, 5.41) is 11.7. The van der Waals surface area contributed by atoms with Gasteiger partial charge in [0.05, 0.1) is 13.8 Å². The van der Waals surface area contributed by atoms with Crippen molar-refractivity contribution in [3.05, 3.63) is 59.2 Å². The average Bonchev–Trinajstić information content (AvgIpc) is 2.57. The predicted octanol–water partition coefficient (Wildman–Crippen LogP) is 2.50. The number of benzene rings is 2. The number of nitrogens with zero attached hydrogens (tertiary/aromatic N) is 1. The molecule has 5 nitrogen and oxygen atoms in total. The number of carbonyl (C=O) groups excluding carboxylic acids is 1. The molecule has 2 aromatic rings. The highest BCUT2D eigenvalue weighted by Gasteiger charge is 2.20. The van der Waals surface area contributed by atoms with Gasteiger partial charge in [-0.1, -0.05) is 12.1 Å². The van der Waals surface area contributed by atoms with E-state index in [9.17, 15) is 18.7 Å². The molecule has 0 unspecified atom stereocenters. The van der Waals surface area contributed by atoms with Crippen molar-refractivity contribution in [2.75, 3.05) is 20.8 Å². The monoisotopic (exact) mass is 336 g/mol. The number of carbonyl (C=O) groups is 1. The van der Waals surface area contributed by atoms with Gasteiger partial charge in [-0.2, -0.15) is 0 Å². The lowest BCUT2D eigenvalue weighted by Crippen LogP contribution is -2.35. The van der Waals surface area contributed by atoms with Crippen LogP contribution in [0, 0.1) is 11.6 Å². The van der Waals surface area contributed by atoms with E-state index in [1.54, 1.807) is 19.1 Å². The second-order valence-corrected chi connectivity index (χ2v) is 5.28. The molecular formula is C17H18F2N2O3. The molecule has 2 rings (SSSR count). The molecule has 0 radical (unpaired) electrons. The number of hydrogen-bond acceptors (Lipinski definition) is 4. The molecule has 1 amide bonds. The number of nitrogens with one attached hydrogen (secondary N) is 1. The molecule has 2 N–H and O–H groups in total. The zero-order valence-electron chi connectivity index (χ0n) is 13.3. The van der Waals surface area contributed by atoms with Crippen LogP contribution in [0.15, 0.2) is 36.4 Å². The van der Waals surface area contributed by atoms with E-state index in [1.165, 1.54) is 0 Å². The Morgan fingerprint density at radius 2 is 1.88 bits per heavy atom. The van der Waals surface area contributed by atoms with Crippen molar-refractivity contribution in [2.45, 2.75) is 6.54 Å². The van der Waals surface area contributed by atoms with Crippen LogP contribution in [0.4, 0.5) is 8.78 Å². The van der Waals surface area contributed by atoms with E-state index >= 15 is 0 Å². The third kappa shape index (κ3) is 4.20. The molecule has 7 heteroatoms. The fraction of sp³-hybridized carbons (Fsp3) is 0.235. The molecule has 0 aromatic heterocycles. The van der Waals surface area contributed by atoms with Crippen molar-refractivity contribution < 1.29 is 23.4 Å². The third-order valence-electron chi connectivity index (χ3n) is 3.42. The van der Waals surface area contributed by atoms with Crippen LogP contribution < -0.4 is 10.1 Å². The Bertz CT molecular complexity index is 721. The summed E-state index contributed by atoms with van der Waals surface area (Å²) < 4.78 is 32.3. The number of halogens is 2. The smallest absolute Gasteiger partial charge is 0.258 e. The van der Waals surface area contributed by atoms with Crippen LogP contribution in [0.3, 0.4) is 0 Å². The molecule has 0 fully saturated rings. The minimum Gasteiger partial charge on any atom is -0.505 e. The second kappa shape index (κ2) is 7.74. The lowest BCUT2D eigenvalue weighted by molar-refractivity contribution is 0.0918. The fourth-order valence-electron chi connectivity index (χ4n) is 2.14. The first-order valence-electron chi connectivity index (χ1n) is 7.19. The molecule has 0 spiro atoms. The number of amides is 1. The Labute approximate surface area is 138 Å². The maximum absolute atomic E-state index is 13.7. The van der Waals surface area contributed by atoms with E-state index < -0.39 is 28.9 Å². The molecule has 0 saturated carbocycles. The summed E-state index contributed by atoms with van der Waals surface area (Å²) in [4.78, 5) is 13.7. The molecule has 0 atom stereocenters. The van der Waals surface area contributed by atoms with E-state index in [0.29, 0.717) is 6.54 Å². The van der Waals surface area contributed by atoms with Gasteiger partial charge in [-0.15, -0.1) is 0 Å². The van der Waals surface area contributed by atoms with Crippen LogP contribution >= 0.6 is 0 Å². The second-order valence-electron chi connectivity index (χ2n) is 5.28. The highest BCUT2D eigenvalue weighted by molar-refractivity contribution is 5.95. The van der Waals surface area contributed by atoms with Crippen LogP contribution in [-0.2, 0) is 6.54 Å². The number of rotatable bonds is 6. The Hall–Kier alpha value is -2.67. The number of phenolic OH excluding ortho intramolecular Hbond substituents is 1. The van der Waals surface area contributed by atoms with E-state index in [-0.39, 0.29) is 6.67 Å². The fourth-order valence-corrected chi connectivity index (χ4v) is 2.14. The van der Waals surface area contributed by atoms with Crippen LogP contribution in [0.5, 0.6) is 11.5 Å². The van der Waals surface area contributed by atoms with Crippen molar-refractivity contribution in [3.8, 4) is 11.5 Å². The summed E-state index contributed by atoms with van der Waals surface area (Å²) in [5.41, 5.74) is 0.190. The van der Waals surface area contributed by atoms with Crippen molar-refractivity contribution in [2.24, 2.45) is 0 Å². The predicted molar refractivity (Wildman–Crippen MR) is 84.8 cm³/mol. The normalized spacial score (nSPS) is 10.7. The van der Waals surface area contributed by atoms with Gasteiger partial charge in [0.15, 0.2) is 11.6 Å². The van der Waals surface area contributed by atoms with Gasteiger partial charge in [0.25, 0.3) is 5.91 Å². The van der Waals surface area contributed by atoms with E-state index in [0.717, 1.165) is 23.4 Å². The summed E-state index contributed by atoms with van der Waals surface area (Å²) >= 11 is 0. The Morgan fingerprint density at radius 1 is 1.21 bits per heavy atom. The number of ether oxygens (including phenoxy) is 1. The van der Waals surface area contributed by atoms with Gasteiger partial charge >= 0.3 is 0 Å². The molecule has 128 valence electrons. The van der Waals surface area contributed by atoms with Crippen LogP contribution in [0.25, 0.3) is 0 Å². The van der Waals surface area contributed by atoms with Gasteiger partial charge in [0.2, 0.25) is 0 Å². The third-order valence-corrected chi connectivity index (χ3v) is 3.42. The first-order valence-corrected chi connectivity index (χ1v) is 7.19. The van der Waals surface area contributed by atoms with E-state index in [2.05, 4.69) is 5.32 Å². The minimum absolute atomic E-state index is 0.0827. The molecular weight excluding hydrogens is 318 g/mol. The van der Waals surface area contributed by atoms with Crippen molar-refractivity contribution >= 4 is 5.91 Å². The summed E-state index contributed by atoms with van der Waals surface area (Å²) in [6.45, 7) is 0.606. The molecule has 24 heavy (non-hydrogen) atoms. The molecule has 0 aliphatic heterocycles. The first kappa shape index (κ1) is 17.7. The SMILES string of the molecule is COc1ccc(CN(C)CNC(=O)c2c(F)ccc(O)c2F)cc1. The summed E-state index contributed by atoms with van der Waals surface area (Å²) in [5.74, 6) is -3.26. The standard InChI is InChI=1S/C17H18F2N2O3/c1-21(9-11-3-5-12(24-2)6-4-11)10-20-17(23)15-13(18)7-8-14(22)16(15)19/h3-8,22H,9-10H2,1-2H3,(H,20,23). The Balaban J connectivity index is 1.95. The van der Waals surface area contributed by atoms with Crippen LogP contribution in [0.2, 0.25) is 0 Å². The number of hydrogen-bond donors (Lipinski definition) is 2. The highest BCUT2D eigenvalue weighted by Crippen LogP contribution is 2.21. The van der Waals surface area contributed by atoms with Crippen molar-refractivity contribution in [1.82, 2.24) is 10.2 Å². The quantitative estimate of drug-likeness (QED) is 0.796. The lowest BCUT2D eigenvalue weighted by Gasteiger charge is -2.18. The maximum Gasteiger partial charge on any atom is 0.258 e. The summed E-state index contributed by atoms with van der Waals surface area (Å²) in [6.07, 6.45) is 0. The Kier molecular flexibility index (Phi) is 5.70. The molecule has 0 aliphatic rings. The Morgan fingerprint density at radius 3 is 2.50 bits per heavy atom. The largest absolute Gasteiger partial charge is 0.505 e. The molecule has 0 aliphatic carbocycles. The zero-order chi connectivity index (χ0) is 17.7.